The minimum Gasteiger partial charge on any atom is -0.310 e. The quantitative estimate of drug-likeness (QED) is 0.0806. The molecule has 24 rings (SSSR count). The molecule has 0 amide bonds. The first-order valence-corrected chi connectivity index (χ1v) is 57.2. The molecule has 21 aromatic rings. The monoisotopic (exact) mass is 1920 g/mol. The zero-order valence-electron chi connectivity index (χ0n) is 84.2. The normalized spacial score (nSPS) is 13.3. The zero-order valence-corrected chi connectivity index (χ0v) is 86.2. The van der Waals surface area contributed by atoms with Crippen LogP contribution in [0.1, 0.15) is 74.9 Å². The van der Waals surface area contributed by atoms with Crippen molar-refractivity contribution in [3.05, 3.63) is 494 Å². The van der Waals surface area contributed by atoms with Gasteiger partial charge in [0.2, 0.25) is 0 Å². The van der Waals surface area contributed by atoms with Crippen molar-refractivity contribution in [3.63, 3.8) is 0 Å². The van der Waals surface area contributed by atoms with Crippen LogP contribution in [-0.4, -0.2) is 61.0 Å². The molecule has 146 heavy (non-hydrogen) atoms. The van der Waals surface area contributed by atoms with Crippen molar-refractivity contribution in [2.45, 2.75) is 97.1 Å². The van der Waals surface area contributed by atoms with Gasteiger partial charge >= 0.3 is 0 Å². The number of nitrogens with zero attached hydrogens (tertiary/aromatic N) is 12. The van der Waals surface area contributed by atoms with Crippen LogP contribution < -0.4 is 25.1 Å². The summed E-state index contributed by atoms with van der Waals surface area (Å²) in [7, 11) is -3.05. The van der Waals surface area contributed by atoms with Crippen molar-refractivity contribution in [2.24, 2.45) is 0 Å². The average molecular weight is 1920 g/mol. The standard InChI is InChI=1S/C48H36N4.C42H44N4Si2.C42H32N4/c1-48(2)41-31-38(33-15-7-3-8-16-33)25-29-43(41)52(44-30-26-39(32-42(44)48)34-17-9-4-10-18-34)40-27-23-37(24-28-40)47-50-45(35-19-11-5-12-20-35)49-46(51-47)36-21-13-6-14-22-36;1-42(2)35-27-33(47(3,4)5)23-25-37(35)46(38-26-24-34(28-36(38)42)48(6,7)8)32-21-19-31(20-22-32)41-44-39(29-15-11-9-12-16-29)43-40(45-41)30-17-13-10-14-18-30;1-42(2)35-20-12-13-21-37(35)46(38-27-24-33(28-36(38)42)29-14-6-3-7-15-29)34-25-22-32(23-26-34)41-44-39(30-16-8-4-9-17-30)43-40(45-41)31-18-10-5-11-19-31/h3-32H,1-2H3;9-28H,1-8H3;3-28H,1-2H3. The van der Waals surface area contributed by atoms with Crippen LogP contribution in [0.25, 0.3) is 136 Å². The molecule has 12 nitrogen and oxygen atoms in total. The summed E-state index contributed by atoms with van der Waals surface area (Å²) in [6, 6.07) is 162. The van der Waals surface area contributed by atoms with Crippen LogP contribution in [0.5, 0.6) is 0 Å². The Labute approximate surface area is 858 Å². The van der Waals surface area contributed by atoms with Gasteiger partial charge < -0.3 is 14.7 Å². The van der Waals surface area contributed by atoms with E-state index in [1.165, 1.54) is 111 Å². The predicted octanol–water partition coefficient (Wildman–Crippen LogP) is 33.0. The molecule has 0 atom stereocenters. The molecule has 14 heteroatoms. The maximum absolute atomic E-state index is 4.97. The predicted molar refractivity (Wildman–Crippen MR) is 611 cm³/mol. The summed E-state index contributed by atoms with van der Waals surface area (Å²) in [5.74, 6) is 5.90. The summed E-state index contributed by atoms with van der Waals surface area (Å²) in [5, 5.41) is 2.99. The van der Waals surface area contributed by atoms with Gasteiger partial charge in [-0.15, -0.1) is 0 Å². The first kappa shape index (κ1) is 93.8. The van der Waals surface area contributed by atoms with Gasteiger partial charge in [-0.2, -0.15) is 0 Å². The molecule has 3 aliphatic heterocycles. The molecule has 0 saturated heterocycles. The fourth-order valence-electron chi connectivity index (χ4n) is 20.5. The highest BCUT2D eigenvalue weighted by Crippen LogP contribution is 2.57. The summed E-state index contributed by atoms with van der Waals surface area (Å²) in [6.07, 6.45) is 0. The van der Waals surface area contributed by atoms with Gasteiger partial charge in [0.25, 0.3) is 0 Å². The molecule has 0 aliphatic carbocycles. The van der Waals surface area contributed by atoms with E-state index in [-0.39, 0.29) is 16.2 Å². The number of para-hydroxylation sites is 1. The van der Waals surface area contributed by atoms with Crippen molar-refractivity contribution in [1.29, 1.82) is 0 Å². The van der Waals surface area contributed by atoms with Crippen molar-refractivity contribution in [2.75, 3.05) is 14.7 Å². The van der Waals surface area contributed by atoms with Crippen LogP contribution >= 0.6 is 0 Å². The Morgan fingerprint density at radius 1 is 0.151 bits per heavy atom. The maximum atomic E-state index is 4.97. The van der Waals surface area contributed by atoms with Crippen molar-refractivity contribution in [3.8, 4) is 136 Å². The van der Waals surface area contributed by atoms with Crippen molar-refractivity contribution < 1.29 is 0 Å². The largest absolute Gasteiger partial charge is 0.310 e. The van der Waals surface area contributed by atoms with E-state index in [1.54, 1.807) is 0 Å². The third-order valence-electron chi connectivity index (χ3n) is 28.7. The highest BCUT2D eigenvalue weighted by molar-refractivity contribution is 6.89. The molecule has 3 aliphatic rings. The average Bonchev–Trinajstić information content (AvgIpc) is 0.720. The Kier molecular flexibility index (Phi) is 25.0. The van der Waals surface area contributed by atoms with Gasteiger partial charge in [0.05, 0.1) is 50.3 Å². The minimum atomic E-state index is -1.52. The lowest BCUT2D eigenvalue weighted by atomic mass is 9.72. The Bertz CT molecular complexity index is 8010. The zero-order chi connectivity index (χ0) is 100. The van der Waals surface area contributed by atoms with Gasteiger partial charge in [0, 0.05) is 83.4 Å². The van der Waals surface area contributed by atoms with Crippen LogP contribution in [0.15, 0.2) is 461 Å². The van der Waals surface area contributed by atoms with Crippen molar-refractivity contribution in [1.82, 2.24) is 44.9 Å². The highest BCUT2D eigenvalue weighted by atomic mass is 28.3. The van der Waals surface area contributed by atoms with Gasteiger partial charge in [-0.3, -0.25) is 0 Å². The van der Waals surface area contributed by atoms with Crippen LogP contribution in [0, 0.1) is 0 Å². The number of fused-ring (bicyclic) bond motifs is 6. The Morgan fingerprint density at radius 3 is 0.534 bits per heavy atom. The first-order chi connectivity index (χ1) is 70.9. The van der Waals surface area contributed by atoms with Gasteiger partial charge in [-0.05, 0) is 194 Å². The second-order valence-corrected chi connectivity index (χ2v) is 51.6. The molecule has 0 bridgehead atoms. The Hall–Kier alpha value is -17.2. The number of rotatable bonds is 17. The van der Waals surface area contributed by atoms with E-state index in [0.29, 0.717) is 52.4 Å². The molecule has 0 unspecified atom stereocenters. The smallest absolute Gasteiger partial charge is 0.164 e. The molecule has 0 spiro atoms. The molecule has 708 valence electrons. The van der Waals surface area contributed by atoms with E-state index in [1.807, 2.05) is 182 Å². The van der Waals surface area contributed by atoms with Crippen LogP contribution in [0.3, 0.4) is 0 Å². The van der Waals surface area contributed by atoms with E-state index in [9.17, 15) is 0 Å². The molecule has 18 aromatic carbocycles. The number of aromatic nitrogens is 9. The Balaban J connectivity index is 0.000000125. The second kappa shape index (κ2) is 38.9. The molecule has 0 N–H and O–H groups in total. The molecular formula is C132H112N12Si2. The Morgan fingerprint density at radius 2 is 0.315 bits per heavy atom. The molecule has 0 radical (unpaired) electrons. The highest BCUT2D eigenvalue weighted by Gasteiger charge is 2.42. The van der Waals surface area contributed by atoms with Crippen LogP contribution in [0.2, 0.25) is 39.3 Å². The molecule has 6 heterocycles. The number of hydrogen-bond donors (Lipinski definition) is 0. The summed E-state index contributed by atoms with van der Waals surface area (Å²) in [5.41, 5.74) is 33.8. The second-order valence-electron chi connectivity index (χ2n) is 41.4. The lowest BCUT2D eigenvalue weighted by Crippen LogP contribution is -2.42. The molecular weight excluding hydrogens is 1810 g/mol. The van der Waals surface area contributed by atoms with E-state index < -0.39 is 16.1 Å². The summed E-state index contributed by atoms with van der Waals surface area (Å²) in [6.45, 7) is 28.8. The first-order valence-electron chi connectivity index (χ1n) is 50.2. The van der Waals surface area contributed by atoms with Gasteiger partial charge in [-0.25, -0.2) is 44.9 Å². The van der Waals surface area contributed by atoms with E-state index in [4.69, 9.17) is 44.9 Å². The van der Waals surface area contributed by atoms with Gasteiger partial charge in [0.1, 0.15) is 0 Å². The lowest BCUT2D eigenvalue weighted by molar-refractivity contribution is 0.632. The van der Waals surface area contributed by atoms with Crippen molar-refractivity contribution >= 4 is 77.7 Å². The topological polar surface area (TPSA) is 126 Å². The summed E-state index contributed by atoms with van der Waals surface area (Å²) >= 11 is 0. The fraction of sp³-hybridized carbons (Fsp3) is 0.114. The van der Waals surface area contributed by atoms with E-state index >= 15 is 0 Å². The van der Waals surface area contributed by atoms with E-state index in [0.717, 1.165) is 67.1 Å². The van der Waals surface area contributed by atoms with E-state index in [2.05, 4.69) is 375 Å². The van der Waals surface area contributed by atoms with Crippen LogP contribution in [0.4, 0.5) is 51.2 Å². The van der Waals surface area contributed by atoms with Crippen LogP contribution in [-0.2, 0) is 16.2 Å². The van der Waals surface area contributed by atoms with Gasteiger partial charge in [0.15, 0.2) is 52.4 Å². The number of benzene rings is 18. The molecule has 0 fully saturated rings. The summed E-state index contributed by atoms with van der Waals surface area (Å²) in [4.78, 5) is 51.6. The third-order valence-corrected chi connectivity index (χ3v) is 32.8. The fourth-order valence-corrected chi connectivity index (χ4v) is 22.8. The molecule has 0 saturated carbocycles. The SMILES string of the molecule is CC1(C)c2cc(-c3ccccc3)ccc2N(c2ccc(-c3nc(-c4ccccc4)nc(-c4ccccc4)n3)cc2)c2ccc(-c3ccccc3)cc21.CC1(C)c2cc([Si](C)(C)C)ccc2N(c2ccc(-c3nc(-c4ccccc4)nc(-c4ccccc4)n3)cc2)c2ccc([Si](C)(C)C)cc21.CC1(C)c2ccccc2N(c2ccc(-c3nc(-c4ccccc4)nc(-c4ccccc4)n3)cc2)c2ccc(-c3ccccc3)cc21. The summed E-state index contributed by atoms with van der Waals surface area (Å²) < 4.78 is 0. The third kappa shape index (κ3) is 18.6. The lowest BCUT2D eigenvalue weighted by Gasteiger charge is -2.43. The minimum absolute atomic E-state index is 0.126. The molecule has 3 aromatic heterocycles. The maximum Gasteiger partial charge on any atom is 0.164 e. The number of hydrogen-bond acceptors (Lipinski definition) is 12. The van der Waals surface area contributed by atoms with Gasteiger partial charge in [-0.1, -0.05) is 425 Å². The number of anilines is 9.